The predicted molar refractivity (Wildman–Crippen MR) is 91.4 cm³/mol. The zero-order chi connectivity index (χ0) is 17.3. The van der Waals surface area contributed by atoms with Crippen molar-refractivity contribution in [3.8, 4) is 11.3 Å². The molecular formula is C17H21N5O2. The highest BCUT2D eigenvalue weighted by Gasteiger charge is 2.17. The van der Waals surface area contributed by atoms with Gasteiger partial charge >= 0.3 is 6.09 Å². The molecule has 0 aliphatic rings. The minimum atomic E-state index is -0.516. The molecule has 3 aromatic heterocycles. The lowest BCUT2D eigenvalue weighted by atomic mass is 10.1. The summed E-state index contributed by atoms with van der Waals surface area (Å²) in [6, 6.07) is 3.92. The third-order valence-corrected chi connectivity index (χ3v) is 3.50. The summed E-state index contributed by atoms with van der Waals surface area (Å²) < 4.78 is 7.03. The summed E-state index contributed by atoms with van der Waals surface area (Å²) in [5, 5.41) is 8.27. The molecule has 0 fully saturated rings. The van der Waals surface area contributed by atoms with Gasteiger partial charge in [-0.3, -0.25) is 9.67 Å². The van der Waals surface area contributed by atoms with E-state index < -0.39 is 11.7 Å². The molecule has 24 heavy (non-hydrogen) atoms. The van der Waals surface area contributed by atoms with E-state index in [1.807, 2.05) is 46.1 Å². The van der Waals surface area contributed by atoms with Crippen molar-refractivity contribution < 1.29 is 9.53 Å². The van der Waals surface area contributed by atoms with Gasteiger partial charge in [0.25, 0.3) is 0 Å². The molecule has 126 valence electrons. The molecule has 3 aromatic rings. The number of fused-ring (bicyclic) bond motifs is 1. The summed E-state index contributed by atoms with van der Waals surface area (Å²) in [5.41, 5.74) is 3.24. The Morgan fingerprint density at radius 1 is 1.42 bits per heavy atom. The van der Waals surface area contributed by atoms with Gasteiger partial charge in [-0.25, -0.2) is 4.79 Å². The summed E-state index contributed by atoms with van der Waals surface area (Å²) >= 11 is 0. The largest absolute Gasteiger partial charge is 0.444 e. The molecule has 7 heteroatoms. The number of alkyl carbamates (subject to hydrolysis) is 1. The lowest BCUT2D eigenvalue weighted by Crippen LogP contribution is -2.32. The van der Waals surface area contributed by atoms with E-state index >= 15 is 0 Å². The van der Waals surface area contributed by atoms with Crippen LogP contribution in [0.2, 0.25) is 0 Å². The molecule has 0 aromatic carbocycles. The molecule has 0 aliphatic carbocycles. The fourth-order valence-electron chi connectivity index (χ4n) is 2.53. The molecule has 0 saturated heterocycles. The topological polar surface area (TPSA) is 84.8 Å². The molecule has 7 nitrogen and oxygen atoms in total. The van der Waals surface area contributed by atoms with Crippen molar-refractivity contribution in [2.75, 3.05) is 0 Å². The van der Waals surface area contributed by atoms with Gasteiger partial charge in [0, 0.05) is 30.4 Å². The molecule has 0 unspecified atom stereocenters. The average molecular weight is 327 g/mol. The molecule has 0 saturated carbocycles. The SMILES string of the molecule is Cn1nc(CNC(=O)OC(C)(C)C)cc1-c1c[nH]c2cnccc12. The highest BCUT2D eigenvalue weighted by molar-refractivity contribution is 5.94. The highest BCUT2D eigenvalue weighted by atomic mass is 16.6. The van der Waals surface area contributed by atoms with Crippen LogP contribution in [0.5, 0.6) is 0 Å². The Hall–Kier alpha value is -2.83. The van der Waals surface area contributed by atoms with Gasteiger partial charge in [-0.2, -0.15) is 5.10 Å². The lowest BCUT2D eigenvalue weighted by Gasteiger charge is -2.19. The van der Waals surface area contributed by atoms with E-state index in [4.69, 9.17) is 4.74 Å². The maximum atomic E-state index is 11.7. The van der Waals surface area contributed by atoms with Crippen LogP contribution in [0.15, 0.2) is 30.7 Å². The number of aromatic nitrogens is 4. The zero-order valence-electron chi connectivity index (χ0n) is 14.3. The smallest absolute Gasteiger partial charge is 0.407 e. The maximum absolute atomic E-state index is 11.7. The van der Waals surface area contributed by atoms with Crippen molar-refractivity contribution in [1.29, 1.82) is 0 Å². The summed E-state index contributed by atoms with van der Waals surface area (Å²) in [6.07, 6.45) is 5.04. The van der Waals surface area contributed by atoms with Crippen LogP contribution >= 0.6 is 0 Å². The van der Waals surface area contributed by atoms with Crippen LogP contribution in [-0.2, 0) is 18.3 Å². The second kappa shape index (κ2) is 5.99. The number of ether oxygens (including phenoxy) is 1. The molecule has 0 atom stereocenters. The number of aromatic amines is 1. The van der Waals surface area contributed by atoms with E-state index in [-0.39, 0.29) is 0 Å². The quantitative estimate of drug-likeness (QED) is 0.774. The Kier molecular flexibility index (Phi) is 4.01. The highest BCUT2D eigenvalue weighted by Crippen LogP contribution is 2.28. The van der Waals surface area contributed by atoms with E-state index in [9.17, 15) is 4.79 Å². The Morgan fingerprint density at radius 3 is 2.96 bits per heavy atom. The first kappa shape index (κ1) is 16.0. The lowest BCUT2D eigenvalue weighted by molar-refractivity contribution is 0.0523. The Labute approximate surface area is 140 Å². The van der Waals surface area contributed by atoms with E-state index in [1.165, 1.54) is 0 Å². The monoisotopic (exact) mass is 327 g/mol. The van der Waals surface area contributed by atoms with Crippen molar-refractivity contribution in [3.63, 3.8) is 0 Å². The summed E-state index contributed by atoms with van der Waals surface area (Å²) in [7, 11) is 1.88. The number of pyridine rings is 1. The molecule has 0 spiro atoms. The third kappa shape index (κ3) is 3.40. The molecule has 1 amide bonds. The van der Waals surface area contributed by atoms with Crippen LogP contribution < -0.4 is 5.32 Å². The van der Waals surface area contributed by atoms with Crippen LogP contribution in [0.25, 0.3) is 22.2 Å². The number of nitrogens with zero attached hydrogens (tertiary/aromatic N) is 3. The number of nitrogens with one attached hydrogen (secondary N) is 2. The van der Waals surface area contributed by atoms with Crippen LogP contribution in [0, 0.1) is 0 Å². The molecule has 2 N–H and O–H groups in total. The van der Waals surface area contributed by atoms with E-state index in [2.05, 4.69) is 20.4 Å². The van der Waals surface area contributed by atoms with E-state index in [0.717, 1.165) is 27.9 Å². The van der Waals surface area contributed by atoms with Gasteiger partial charge in [-0.15, -0.1) is 0 Å². The maximum Gasteiger partial charge on any atom is 0.407 e. The number of carbonyl (C=O) groups excluding carboxylic acids is 1. The molecule has 0 radical (unpaired) electrons. The first-order valence-electron chi connectivity index (χ1n) is 7.75. The first-order chi connectivity index (χ1) is 11.3. The summed E-state index contributed by atoms with van der Waals surface area (Å²) in [6.45, 7) is 5.80. The number of carbonyl (C=O) groups is 1. The van der Waals surface area contributed by atoms with Gasteiger partial charge in [0.2, 0.25) is 0 Å². The minimum absolute atomic E-state index is 0.312. The molecular weight excluding hydrogens is 306 g/mol. The minimum Gasteiger partial charge on any atom is -0.444 e. The zero-order valence-corrected chi connectivity index (χ0v) is 14.3. The van der Waals surface area contributed by atoms with Crippen molar-refractivity contribution in [2.45, 2.75) is 32.9 Å². The van der Waals surface area contributed by atoms with Gasteiger partial charge in [-0.05, 0) is 32.9 Å². The van der Waals surface area contributed by atoms with Gasteiger partial charge in [0.15, 0.2) is 0 Å². The molecule has 0 bridgehead atoms. The van der Waals surface area contributed by atoms with Gasteiger partial charge in [0.1, 0.15) is 5.60 Å². The Bertz CT molecular complexity index is 873. The van der Waals surface area contributed by atoms with Crippen molar-refractivity contribution in [2.24, 2.45) is 7.05 Å². The number of hydrogen-bond acceptors (Lipinski definition) is 4. The fraction of sp³-hybridized carbons (Fsp3) is 0.353. The third-order valence-electron chi connectivity index (χ3n) is 3.50. The second-order valence-corrected chi connectivity index (χ2v) is 6.62. The van der Waals surface area contributed by atoms with Gasteiger partial charge in [-0.1, -0.05) is 0 Å². The second-order valence-electron chi connectivity index (χ2n) is 6.62. The van der Waals surface area contributed by atoms with Crippen LogP contribution in [0.3, 0.4) is 0 Å². The molecule has 3 rings (SSSR count). The molecule has 0 aliphatic heterocycles. The van der Waals surface area contributed by atoms with E-state index in [1.54, 1.807) is 17.1 Å². The first-order valence-corrected chi connectivity index (χ1v) is 7.75. The van der Waals surface area contributed by atoms with Gasteiger partial charge < -0.3 is 15.0 Å². The van der Waals surface area contributed by atoms with Crippen molar-refractivity contribution in [1.82, 2.24) is 25.1 Å². The van der Waals surface area contributed by atoms with Crippen molar-refractivity contribution >= 4 is 17.0 Å². The number of rotatable bonds is 3. The van der Waals surface area contributed by atoms with Crippen molar-refractivity contribution in [3.05, 3.63) is 36.4 Å². The molecule has 3 heterocycles. The summed E-state index contributed by atoms with van der Waals surface area (Å²) in [4.78, 5) is 19.1. The normalized spacial score (nSPS) is 11.7. The number of amides is 1. The Balaban J connectivity index is 1.77. The van der Waals surface area contributed by atoms with E-state index in [0.29, 0.717) is 6.54 Å². The number of hydrogen-bond donors (Lipinski definition) is 2. The van der Waals surface area contributed by atoms with Gasteiger partial charge in [0.05, 0.1) is 29.6 Å². The number of H-pyrrole nitrogens is 1. The van der Waals surface area contributed by atoms with Crippen LogP contribution in [0.1, 0.15) is 26.5 Å². The average Bonchev–Trinajstić information content (AvgIpc) is 3.06. The van der Waals surface area contributed by atoms with Crippen LogP contribution in [0.4, 0.5) is 4.79 Å². The van der Waals surface area contributed by atoms with Crippen LogP contribution in [-0.4, -0.2) is 31.4 Å². The predicted octanol–water partition coefficient (Wildman–Crippen LogP) is 2.99. The number of aryl methyl sites for hydroxylation is 1. The standard InChI is InChI=1S/C17H21N5O2/c1-17(2,3)24-16(23)20-8-11-7-15(22(4)21-11)13-9-19-14-10-18-6-5-12(13)14/h5-7,9-10,19H,8H2,1-4H3,(H,20,23). The fourth-order valence-corrected chi connectivity index (χ4v) is 2.53. The summed E-state index contributed by atoms with van der Waals surface area (Å²) in [5.74, 6) is 0. The Morgan fingerprint density at radius 2 is 2.21 bits per heavy atom.